The fourth-order valence-electron chi connectivity index (χ4n) is 4.67. The molecule has 1 saturated heterocycles. The summed E-state index contributed by atoms with van der Waals surface area (Å²) in [5.74, 6) is -1.31. The van der Waals surface area contributed by atoms with E-state index in [0.717, 1.165) is 25.7 Å². The van der Waals surface area contributed by atoms with Crippen molar-refractivity contribution in [1.82, 2.24) is 25.4 Å². The van der Waals surface area contributed by atoms with Crippen LogP contribution in [0.4, 0.5) is 16.0 Å². The second-order valence-corrected chi connectivity index (χ2v) is 8.97. The van der Waals surface area contributed by atoms with Crippen LogP contribution in [-0.4, -0.2) is 88.4 Å². The molecule has 2 fully saturated rings. The van der Waals surface area contributed by atoms with Gasteiger partial charge < -0.3 is 14.9 Å². The fraction of sp³-hybridized carbons (Fsp3) is 0.714. The van der Waals surface area contributed by atoms with E-state index in [2.05, 4.69) is 25.7 Å². The molecule has 3 rings (SSSR count). The van der Waals surface area contributed by atoms with Crippen molar-refractivity contribution in [2.45, 2.75) is 45.1 Å². The highest BCUT2D eigenvalue weighted by Crippen LogP contribution is 2.31. The number of piperazine rings is 1. The molecule has 2 amide bonds. The molecule has 0 aromatic carbocycles. The fourth-order valence-corrected chi connectivity index (χ4v) is 4.67. The first kappa shape index (κ1) is 25.1. The van der Waals surface area contributed by atoms with Crippen molar-refractivity contribution in [1.29, 1.82) is 0 Å². The number of amides is 2. The summed E-state index contributed by atoms with van der Waals surface area (Å²) in [6.45, 7) is 3.07. The first-order valence-corrected chi connectivity index (χ1v) is 11.4. The van der Waals surface area contributed by atoms with Gasteiger partial charge in [0.2, 0.25) is 18.1 Å². The molecule has 2 aliphatic rings. The number of aromatic nitrogens is 2. The highest BCUT2D eigenvalue weighted by Gasteiger charge is 2.30. The highest BCUT2D eigenvalue weighted by atomic mass is 19.1. The third-order valence-electron chi connectivity index (χ3n) is 6.41. The Bertz CT molecular complexity index is 824. The van der Waals surface area contributed by atoms with Crippen LogP contribution in [0.5, 0.6) is 0 Å². The molecule has 33 heavy (non-hydrogen) atoms. The number of hydrazine groups is 1. The largest absolute Gasteiger partial charge is 0.394 e. The number of carbonyl (C=O) groups excluding carboxylic acids is 2. The lowest BCUT2D eigenvalue weighted by Gasteiger charge is -2.40. The maximum absolute atomic E-state index is 15.3. The van der Waals surface area contributed by atoms with E-state index in [4.69, 9.17) is 0 Å². The zero-order valence-electron chi connectivity index (χ0n) is 19.2. The van der Waals surface area contributed by atoms with Crippen LogP contribution < -0.4 is 15.8 Å². The summed E-state index contributed by atoms with van der Waals surface area (Å²) in [6, 6.07) is -0.315. The second kappa shape index (κ2) is 11.5. The number of nitrogens with zero attached hydrogens (tertiary/aromatic N) is 5. The van der Waals surface area contributed by atoms with Crippen LogP contribution in [0.15, 0.2) is 0 Å². The molecule has 1 aliphatic heterocycles. The van der Waals surface area contributed by atoms with Gasteiger partial charge in [0.1, 0.15) is 5.82 Å². The third-order valence-corrected chi connectivity index (χ3v) is 6.41. The number of aliphatic hydroxyl groups is 1. The van der Waals surface area contributed by atoms with Crippen molar-refractivity contribution >= 4 is 24.0 Å². The summed E-state index contributed by atoms with van der Waals surface area (Å²) in [6.07, 6.45) is 4.99. The Morgan fingerprint density at radius 1 is 1.33 bits per heavy atom. The first-order chi connectivity index (χ1) is 15.8. The number of hydrogen-bond donors (Lipinski definition) is 4. The zero-order valence-corrected chi connectivity index (χ0v) is 19.2. The van der Waals surface area contributed by atoms with Crippen molar-refractivity contribution < 1.29 is 24.3 Å². The molecule has 184 valence electrons. The van der Waals surface area contributed by atoms with E-state index in [-0.39, 0.29) is 37.2 Å². The van der Waals surface area contributed by atoms with Gasteiger partial charge in [0, 0.05) is 19.6 Å². The quantitative estimate of drug-likeness (QED) is 0.221. The minimum atomic E-state index is -0.729. The van der Waals surface area contributed by atoms with Gasteiger partial charge in [0.05, 0.1) is 25.1 Å². The molecular formula is C21H34FN7O4. The van der Waals surface area contributed by atoms with Gasteiger partial charge in [-0.3, -0.25) is 25.6 Å². The van der Waals surface area contributed by atoms with Crippen LogP contribution in [0.25, 0.3) is 0 Å². The van der Waals surface area contributed by atoms with Gasteiger partial charge in [-0.25, -0.2) is 15.0 Å². The van der Waals surface area contributed by atoms with E-state index in [0.29, 0.717) is 42.9 Å². The Balaban J connectivity index is 1.72. The van der Waals surface area contributed by atoms with Crippen molar-refractivity contribution in [2.75, 3.05) is 50.2 Å². The minimum Gasteiger partial charge on any atom is -0.394 e. The Morgan fingerprint density at radius 2 is 2.06 bits per heavy atom. The van der Waals surface area contributed by atoms with Crippen molar-refractivity contribution in [3.63, 3.8) is 0 Å². The Labute approximate surface area is 192 Å². The van der Waals surface area contributed by atoms with Crippen molar-refractivity contribution in [3.8, 4) is 0 Å². The number of rotatable bonds is 10. The molecule has 2 heterocycles. The highest BCUT2D eigenvalue weighted by molar-refractivity contribution is 5.80. The van der Waals surface area contributed by atoms with E-state index in [1.165, 1.54) is 0 Å². The number of halogens is 1. The maximum Gasteiger partial charge on any atom is 0.243 e. The van der Waals surface area contributed by atoms with Crippen LogP contribution in [0.3, 0.4) is 0 Å². The topological polar surface area (TPSA) is 134 Å². The summed E-state index contributed by atoms with van der Waals surface area (Å²) in [7, 11) is 1.93. The number of aliphatic hydroxyl groups excluding tert-OH is 1. The number of likely N-dealkylation sites (N-methyl/N-ethyl adjacent to an activating group) is 1. The van der Waals surface area contributed by atoms with Crippen LogP contribution >= 0.6 is 0 Å². The number of nitrogens with one attached hydrogen (secondary N) is 2. The van der Waals surface area contributed by atoms with Gasteiger partial charge in [0.25, 0.3) is 0 Å². The van der Waals surface area contributed by atoms with E-state index in [9.17, 15) is 19.9 Å². The Morgan fingerprint density at radius 3 is 2.73 bits per heavy atom. The second-order valence-electron chi connectivity index (χ2n) is 8.97. The van der Waals surface area contributed by atoms with Gasteiger partial charge >= 0.3 is 0 Å². The predicted octanol–water partition coefficient (Wildman–Crippen LogP) is 0.524. The smallest absolute Gasteiger partial charge is 0.243 e. The lowest BCUT2D eigenvalue weighted by molar-refractivity contribution is -0.154. The van der Waals surface area contributed by atoms with Crippen LogP contribution in [0, 0.1) is 24.6 Å². The zero-order chi connectivity index (χ0) is 24.0. The number of carbonyl (C=O) groups is 2. The average molecular weight is 468 g/mol. The molecule has 4 N–H and O–H groups in total. The molecular weight excluding hydrogens is 433 g/mol. The van der Waals surface area contributed by atoms with Crippen molar-refractivity contribution in [3.05, 3.63) is 11.6 Å². The molecule has 1 aromatic rings. The molecule has 12 heteroatoms. The Kier molecular flexibility index (Phi) is 8.75. The molecule has 2 atom stereocenters. The van der Waals surface area contributed by atoms with Crippen LogP contribution in [0.1, 0.15) is 37.9 Å². The van der Waals surface area contributed by atoms with Crippen LogP contribution in [-0.2, 0) is 9.59 Å². The van der Waals surface area contributed by atoms with Gasteiger partial charge in [-0.15, -0.1) is 0 Å². The normalized spacial score (nSPS) is 20.5. The Hall–Kier alpha value is -2.57. The van der Waals surface area contributed by atoms with E-state index < -0.39 is 17.6 Å². The van der Waals surface area contributed by atoms with Crippen LogP contribution in [0.2, 0.25) is 0 Å². The minimum absolute atomic E-state index is 0.0661. The molecule has 1 unspecified atom stereocenters. The van der Waals surface area contributed by atoms with Gasteiger partial charge in [-0.1, -0.05) is 25.7 Å². The number of hydroxylamine groups is 2. The number of hydrogen-bond acceptors (Lipinski definition) is 9. The lowest BCUT2D eigenvalue weighted by atomic mass is 9.92. The van der Waals surface area contributed by atoms with Gasteiger partial charge in [0.15, 0.2) is 11.6 Å². The van der Waals surface area contributed by atoms with E-state index in [1.54, 1.807) is 11.8 Å². The average Bonchev–Trinajstić information content (AvgIpc) is 3.31. The summed E-state index contributed by atoms with van der Waals surface area (Å²) in [4.78, 5) is 35.8. The standard InChI is InChI=1S/C21H34FN7O4/c1-14-23-19(18(22)20(24-14)29-8-7-27(2)11-17(29)12-30)25-26-21(32)16(10-28(33)13-31)9-15-5-3-4-6-15/h13,15-17,30,33H,3-12H2,1-2H3,(H,26,32)(H,23,24,25)/t16?,17-/m1/s1. The van der Waals surface area contributed by atoms with Crippen molar-refractivity contribution in [2.24, 2.45) is 11.8 Å². The molecule has 1 saturated carbocycles. The number of anilines is 2. The SMILES string of the molecule is Cc1nc(NNC(=O)C(CC2CCCC2)CN(O)C=O)c(F)c(N2CCN(C)C[C@@H]2CO)n1. The molecule has 0 spiro atoms. The predicted molar refractivity (Wildman–Crippen MR) is 119 cm³/mol. The summed E-state index contributed by atoms with van der Waals surface area (Å²) in [5.41, 5.74) is 5.04. The molecule has 0 radical (unpaired) electrons. The van der Waals surface area contributed by atoms with Gasteiger partial charge in [-0.05, 0) is 26.3 Å². The van der Waals surface area contributed by atoms with E-state index in [1.807, 2.05) is 7.05 Å². The summed E-state index contributed by atoms with van der Waals surface area (Å²) < 4.78 is 15.3. The number of aryl methyl sites for hydroxylation is 1. The third kappa shape index (κ3) is 6.49. The summed E-state index contributed by atoms with van der Waals surface area (Å²) in [5, 5.41) is 19.8. The first-order valence-electron chi connectivity index (χ1n) is 11.4. The molecule has 1 aromatic heterocycles. The lowest BCUT2D eigenvalue weighted by Crippen LogP contribution is -2.54. The maximum atomic E-state index is 15.3. The monoisotopic (exact) mass is 467 g/mol. The molecule has 11 nitrogen and oxygen atoms in total. The summed E-state index contributed by atoms with van der Waals surface area (Å²) >= 11 is 0. The molecule has 1 aliphatic carbocycles. The van der Waals surface area contributed by atoms with Gasteiger partial charge in [-0.2, -0.15) is 4.39 Å². The van der Waals surface area contributed by atoms with E-state index >= 15 is 4.39 Å². The molecule has 0 bridgehead atoms.